The van der Waals surface area contributed by atoms with Gasteiger partial charge in [-0.3, -0.25) is 9.69 Å². The van der Waals surface area contributed by atoms with Crippen molar-refractivity contribution in [2.75, 3.05) is 38.9 Å². The quantitative estimate of drug-likeness (QED) is 0.423. The van der Waals surface area contributed by atoms with Crippen LogP contribution in [-0.2, 0) is 9.53 Å². The van der Waals surface area contributed by atoms with Gasteiger partial charge < -0.3 is 18.9 Å². The summed E-state index contributed by atoms with van der Waals surface area (Å²) in [4.78, 5) is 15.4. The van der Waals surface area contributed by atoms with Gasteiger partial charge in [0.1, 0.15) is 0 Å². The van der Waals surface area contributed by atoms with Gasteiger partial charge in [0, 0.05) is 30.4 Å². The number of benzene rings is 2. The molecule has 0 radical (unpaired) electrons. The third-order valence-electron chi connectivity index (χ3n) is 5.87. The maximum absolute atomic E-state index is 14.6. The number of hydrogen-bond donors (Lipinski definition) is 0. The second-order valence-electron chi connectivity index (χ2n) is 7.52. The summed E-state index contributed by atoms with van der Waals surface area (Å²) in [5, 5.41) is 0.728. The van der Waals surface area contributed by atoms with E-state index >= 15 is 0 Å². The Kier molecular flexibility index (Phi) is 6.67. The van der Waals surface area contributed by atoms with Crippen LogP contribution in [0.5, 0.6) is 17.2 Å². The molecular weight excluding hydrogens is 469 g/mol. The molecule has 2 aliphatic rings. The van der Waals surface area contributed by atoms with Gasteiger partial charge in [0.05, 0.1) is 19.6 Å². The summed E-state index contributed by atoms with van der Waals surface area (Å²) >= 11 is 3.51. The third-order valence-corrected chi connectivity index (χ3v) is 6.23. The van der Waals surface area contributed by atoms with Crippen molar-refractivity contribution in [3.05, 3.63) is 53.3 Å². The molecule has 2 heterocycles. The lowest BCUT2D eigenvalue weighted by molar-refractivity contribution is -0.149. The second-order valence-corrected chi connectivity index (χ2v) is 8.31. The summed E-state index contributed by atoms with van der Waals surface area (Å²) in [6, 6.07) is 10.3. The summed E-state index contributed by atoms with van der Waals surface area (Å²) in [5.74, 6) is 0.173. The van der Waals surface area contributed by atoms with E-state index in [0.29, 0.717) is 24.6 Å². The van der Waals surface area contributed by atoms with Crippen molar-refractivity contribution in [3.63, 3.8) is 0 Å². The van der Waals surface area contributed by atoms with Crippen LogP contribution < -0.4 is 14.2 Å². The molecule has 0 unspecified atom stereocenters. The molecule has 4 rings (SSSR count). The van der Waals surface area contributed by atoms with E-state index in [4.69, 9.17) is 18.9 Å². The largest absolute Gasteiger partial charge is 0.494 e. The predicted octanol–water partition coefficient (Wildman–Crippen LogP) is 4.28. The summed E-state index contributed by atoms with van der Waals surface area (Å²) in [6.45, 7) is 3.60. The Labute approximate surface area is 189 Å². The standard InChI is InChI=1S/C23H25BrFNO5/c1-3-29-23(27)21-16(14-4-7-19-20(11-14)31-13-30-19)12-26(9-8-24)22(21)15-5-6-18(28-2)17(25)10-15/h4-7,10-11,16,21-22H,3,8-9,12-13H2,1-2H3/t16-,21-,22+/m1/s1. The van der Waals surface area contributed by atoms with Gasteiger partial charge in [0.25, 0.3) is 0 Å². The molecule has 8 heteroatoms. The number of likely N-dealkylation sites (tertiary alicyclic amines) is 1. The summed E-state index contributed by atoms with van der Waals surface area (Å²) in [6.07, 6.45) is 0. The number of fused-ring (bicyclic) bond motifs is 1. The van der Waals surface area contributed by atoms with Crippen LogP contribution in [0.2, 0.25) is 0 Å². The maximum Gasteiger partial charge on any atom is 0.311 e. The minimum Gasteiger partial charge on any atom is -0.494 e. The van der Waals surface area contributed by atoms with Gasteiger partial charge in [-0.1, -0.05) is 28.1 Å². The molecule has 2 aromatic rings. The number of methoxy groups -OCH3 is 1. The molecule has 0 amide bonds. The number of carbonyl (C=O) groups excluding carboxylic acids is 1. The highest BCUT2D eigenvalue weighted by Crippen LogP contribution is 2.48. The molecule has 0 N–H and O–H groups in total. The molecule has 0 bridgehead atoms. The van der Waals surface area contributed by atoms with Gasteiger partial charge >= 0.3 is 5.97 Å². The van der Waals surface area contributed by atoms with Gasteiger partial charge in [-0.25, -0.2) is 4.39 Å². The Bertz CT molecular complexity index is 956. The fourth-order valence-electron chi connectivity index (χ4n) is 4.54. The molecular formula is C23H25BrFNO5. The lowest BCUT2D eigenvalue weighted by Gasteiger charge is -2.28. The number of esters is 1. The first-order chi connectivity index (χ1) is 15.1. The van der Waals surface area contributed by atoms with Crippen LogP contribution in [0.4, 0.5) is 4.39 Å². The van der Waals surface area contributed by atoms with Crippen molar-refractivity contribution < 1.29 is 28.1 Å². The number of carbonyl (C=O) groups is 1. The van der Waals surface area contributed by atoms with Gasteiger partial charge in [0.15, 0.2) is 23.1 Å². The Morgan fingerprint density at radius 3 is 2.68 bits per heavy atom. The van der Waals surface area contributed by atoms with Crippen LogP contribution in [0.15, 0.2) is 36.4 Å². The molecule has 1 fully saturated rings. The number of rotatable bonds is 7. The van der Waals surface area contributed by atoms with Crippen molar-refractivity contribution in [2.24, 2.45) is 5.92 Å². The number of ether oxygens (including phenoxy) is 4. The van der Waals surface area contributed by atoms with E-state index in [2.05, 4.69) is 20.8 Å². The summed E-state index contributed by atoms with van der Waals surface area (Å²) < 4.78 is 36.1. The Morgan fingerprint density at radius 1 is 1.19 bits per heavy atom. The van der Waals surface area contributed by atoms with E-state index in [0.717, 1.165) is 16.5 Å². The van der Waals surface area contributed by atoms with Crippen molar-refractivity contribution in [3.8, 4) is 17.2 Å². The zero-order chi connectivity index (χ0) is 22.0. The zero-order valence-corrected chi connectivity index (χ0v) is 19.1. The highest BCUT2D eigenvalue weighted by molar-refractivity contribution is 9.09. The number of nitrogens with zero attached hydrogens (tertiary/aromatic N) is 1. The molecule has 0 saturated carbocycles. The average Bonchev–Trinajstić information content (AvgIpc) is 3.38. The Hall–Kier alpha value is -2.32. The summed E-state index contributed by atoms with van der Waals surface area (Å²) in [7, 11) is 1.43. The van der Waals surface area contributed by atoms with Gasteiger partial charge in [0.2, 0.25) is 6.79 Å². The Morgan fingerprint density at radius 2 is 1.97 bits per heavy atom. The number of alkyl halides is 1. The average molecular weight is 494 g/mol. The monoisotopic (exact) mass is 493 g/mol. The molecule has 2 aliphatic heterocycles. The third kappa shape index (κ3) is 4.23. The van der Waals surface area contributed by atoms with Crippen molar-refractivity contribution in [1.82, 2.24) is 4.90 Å². The van der Waals surface area contributed by atoms with Crippen LogP contribution >= 0.6 is 15.9 Å². The van der Waals surface area contributed by atoms with Crippen LogP contribution in [0.3, 0.4) is 0 Å². The highest BCUT2D eigenvalue weighted by atomic mass is 79.9. The van der Waals surface area contributed by atoms with Crippen LogP contribution in [0.25, 0.3) is 0 Å². The highest BCUT2D eigenvalue weighted by Gasteiger charge is 2.48. The first-order valence-corrected chi connectivity index (χ1v) is 11.4. The fraction of sp³-hybridized carbons (Fsp3) is 0.435. The smallest absolute Gasteiger partial charge is 0.311 e. The van der Waals surface area contributed by atoms with E-state index in [1.54, 1.807) is 13.0 Å². The van der Waals surface area contributed by atoms with E-state index in [1.807, 2.05) is 24.3 Å². The minimum absolute atomic E-state index is 0.136. The van der Waals surface area contributed by atoms with E-state index in [9.17, 15) is 9.18 Å². The first-order valence-electron chi connectivity index (χ1n) is 10.3. The molecule has 6 nitrogen and oxygen atoms in total. The SMILES string of the molecule is CCOC(=O)[C@@H]1[C@@H](c2ccc3c(c2)OCO3)CN(CCBr)[C@H]1c1ccc(OC)c(F)c1. The van der Waals surface area contributed by atoms with Gasteiger partial charge in [-0.2, -0.15) is 0 Å². The van der Waals surface area contributed by atoms with Crippen molar-refractivity contribution in [1.29, 1.82) is 0 Å². The molecule has 166 valence electrons. The van der Waals surface area contributed by atoms with E-state index in [-0.39, 0.29) is 37.1 Å². The molecule has 0 aromatic heterocycles. The lowest BCUT2D eigenvalue weighted by atomic mass is 9.82. The molecule has 3 atom stereocenters. The molecule has 0 aliphatic carbocycles. The normalized spacial score (nSPS) is 22.5. The van der Waals surface area contributed by atoms with E-state index < -0.39 is 11.7 Å². The Balaban J connectivity index is 1.76. The second kappa shape index (κ2) is 9.44. The molecule has 2 aromatic carbocycles. The fourth-order valence-corrected chi connectivity index (χ4v) is 4.99. The zero-order valence-electron chi connectivity index (χ0n) is 17.5. The van der Waals surface area contributed by atoms with Gasteiger partial charge in [-0.15, -0.1) is 0 Å². The minimum atomic E-state index is -0.493. The van der Waals surface area contributed by atoms with Crippen LogP contribution in [0.1, 0.15) is 30.0 Å². The lowest BCUT2D eigenvalue weighted by Crippen LogP contribution is -2.31. The van der Waals surface area contributed by atoms with Crippen molar-refractivity contribution >= 4 is 21.9 Å². The molecule has 1 saturated heterocycles. The molecule has 0 spiro atoms. The summed E-state index contributed by atoms with van der Waals surface area (Å²) in [5.41, 5.74) is 1.69. The van der Waals surface area contributed by atoms with Crippen LogP contribution in [-0.4, -0.2) is 49.8 Å². The maximum atomic E-state index is 14.6. The first kappa shape index (κ1) is 21.9. The van der Waals surface area contributed by atoms with E-state index in [1.165, 1.54) is 13.2 Å². The number of hydrogen-bond acceptors (Lipinski definition) is 6. The number of halogens is 2. The molecule has 31 heavy (non-hydrogen) atoms. The van der Waals surface area contributed by atoms with Gasteiger partial charge in [-0.05, 0) is 42.3 Å². The van der Waals surface area contributed by atoms with Crippen molar-refractivity contribution in [2.45, 2.75) is 18.9 Å². The topological polar surface area (TPSA) is 57.2 Å². The van der Waals surface area contributed by atoms with Crippen LogP contribution in [0, 0.1) is 11.7 Å². The predicted molar refractivity (Wildman–Crippen MR) is 116 cm³/mol.